The van der Waals surface area contributed by atoms with Crippen LogP contribution in [0.25, 0.3) is 11.2 Å². The van der Waals surface area contributed by atoms with Crippen LogP contribution in [0.4, 0.5) is 0 Å². The number of likely N-dealkylation sites (tertiary alicyclic amines) is 1. The van der Waals surface area contributed by atoms with Gasteiger partial charge in [-0.05, 0) is 68.2 Å². The maximum atomic E-state index is 13.0. The fourth-order valence-electron chi connectivity index (χ4n) is 4.41. The summed E-state index contributed by atoms with van der Waals surface area (Å²) in [7, 11) is 2.15. The zero-order valence-electron chi connectivity index (χ0n) is 18.1. The van der Waals surface area contributed by atoms with Crippen LogP contribution < -0.4 is 0 Å². The second-order valence-corrected chi connectivity index (χ2v) is 7.98. The molecule has 5 nitrogen and oxygen atoms in total. The van der Waals surface area contributed by atoms with Crippen molar-refractivity contribution in [1.29, 1.82) is 0 Å². The van der Waals surface area contributed by atoms with Gasteiger partial charge < -0.3 is 4.90 Å². The van der Waals surface area contributed by atoms with E-state index < -0.39 is 0 Å². The first-order valence-electron chi connectivity index (χ1n) is 11.0. The number of ketones is 1. The Balaban J connectivity index is 0.00000106. The number of fused-ring (bicyclic) bond motifs is 2. The van der Waals surface area contributed by atoms with Crippen LogP contribution in [0.3, 0.4) is 0 Å². The predicted octanol–water partition coefficient (Wildman–Crippen LogP) is 4.66. The Morgan fingerprint density at radius 1 is 1.13 bits per heavy atom. The summed E-state index contributed by atoms with van der Waals surface area (Å²) in [6, 6.07) is 8.17. The lowest BCUT2D eigenvalue weighted by Crippen LogP contribution is -2.31. The minimum Gasteiger partial charge on any atom is -0.306 e. The molecule has 1 aliphatic carbocycles. The fraction of sp³-hybridized carbons (Fsp3) is 0.400. The molecule has 1 fully saturated rings. The van der Waals surface area contributed by atoms with Gasteiger partial charge in [-0.25, -0.2) is 4.98 Å². The quantitative estimate of drug-likeness (QED) is 0.596. The molecule has 1 saturated heterocycles. The van der Waals surface area contributed by atoms with Crippen molar-refractivity contribution in [2.45, 2.75) is 39.5 Å². The highest BCUT2D eigenvalue weighted by molar-refractivity contribution is 5.95. The second kappa shape index (κ2) is 8.92. The predicted molar refractivity (Wildman–Crippen MR) is 121 cm³/mol. The average molecular weight is 403 g/mol. The number of Topliss-reactive ketones (excluding diaryl/α,β-unsaturated/α-hetero) is 1. The molecule has 156 valence electrons. The number of pyridine rings is 2. The first-order valence-corrected chi connectivity index (χ1v) is 11.0. The molecule has 5 rings (SSSR count). The van der Waals surface area contributed by atoms with E-state index in [1.54, 1.807) is 6.20 Å². The maximum Gasteiger partial charge on any atom is 0.181 e. The standard InChI is InChI=1S/C23H24N4O.C2H6/c1-26-11-8-16(9-12-26)13-22(28)21-14-25-23-7-4-17(15-27(21)23)18-5-6-20-19(18)3-2-10-24-20;1-2/h2-5,7,10,14-16H,6,8-9,11-13H2,1H3;1-2H3. The Labute approximate surface area is 178 Å². The largest absolute Gasteiger partial charge is 0.306 e. The van der Waals surface area contributed by atoms with Crippen LogP contribution in [0.2, 0.25) is 0 Å². The van der Waals surface area contributed by atoms with Crippen LogP contribution >= 0.6 is 0 Å². The number of nitrogens with zero attached hydrogens (tertiary/aromatic N) is 4. The highest BCUT2D eigenvalue weighted by Crippen LogP contribution is 2.32. The van der Waals surface area contributed by atoms with Crippen LogP contribution in [-0.2, 0) is 6.42 Å². The number of hydrogen-bond donors (Lipinski definition) is 0. The van der Waals surface area contributed by atoms with Gasteiger partial charge in [0.2, 0.25) is 0 Å². The molecule has 0 amide bonds. The van der Waals surface area contributed by atoms with E-state index in [2.05, 4.69) is 46.3 Å². The van der Waals surface area contributed by atoms with E-state index in [4.69, 9.17) is 0 Å². The number of rotatable bonds is 4. The summed E-state index contributed by atoms with van der Waals surface area (Å²) >= 11 is 0. The summed E-state index contributed by atoms with van der Waals surface area (Å²) in [6.07, 6.45) is 11.5. The van der Waals surface area contributed by atoms with E-state index in [0.29, 0.717) is 18.0 Å². The molecule has 2 aliphatic rings. The number of hydrogen-bond acceptors (Lipinski definition) is 4. The molecule has 0 aromatic carbocycles. The van der Waals surface area contributed by atoms with Gasteiger partial charge in [-0.2, -0.15) is 0 Å². The van der Waals surface area contributed by atoms with Gasteiger partial charge in [0.25, 0.3) is 0 Å². The monoisotopic (exact) mass is 402 g/mol. The molecule has 0 spiro atoms. The molecule has 0 atom stereocenters. The molecule has 1 aliphatic heterocycles. The molecule has 0 unspecified atom stereocenters. The van der Waals surface area contributed by atoms with Crippen molar-refractivity contribution < 1.29 is 4.79 Å². The molecule has 3 aromatic heterocycles. The summed E-state index contributed by atoms with van der Waals surface area (Å²) in [5, 5.41) is 0. The number of allylic oxidation sites excluding steroid dienone is 1. The van der Waals surface area contributed by atoms with Crippen LogP contribution in [0, 0.1) is 5.92 Å². The normalized spacial score (nSPS) is 16.7. The maximum absolute atomic E-state index is 13.0. The summed E-state index contributed by atoms with van der Waals surface area (Å²) in [5.41, 5.74) is 6.10. The van der Waals surface area contributed by atoms with Gasteiger partial charge in [0.1, 0.15) is 11.3 Å². The summed E-state index contributed by atoms with van der Waals surface area (Å²) in [5.74, 6) is 0.676. The SMILES string of the molecule is CC.CN1CCC(CC(=O)c2cnc3ccc(C4=CCc5ncccc54)cn23)CC1. The van der Waals surface area contributed by atoms with Crippen LogP contribution in [-0.4, -0.2) is 45.2 Å². The highest BCUT2D eigenvalue weighted by atomic mass is 16.1. The molecule has 0 bridgehead atoms. The van der Waals surface area contributed by atoms with Crippen molar-refractivity contribution >= 4 is 17.0 Å². The van der Waals surface area contributed by atoms with Crippen molar-refractivity contribution in [2.24, 2.45) is 5.92 Å². The first-order chi connectivity index (χ1) is 14.7. The van der Waals surface area contributed by atoms with Crippen LogP contribution in [0.1, 0.15) is 60.4 Å². The summed E-state index contributed by atoms with van der Waals surface area (Å²) < 4.78 is 1.96. The van der Waals surface area contributed by atoms with E-state index in [0.717, 1.165) is 49.3 Å². The van der Waals surface area contributed by atoms with Crippen LogP contribution in [0.15, 0.2) is 48.9 Å². The highest BCUT2D eigenvalue weighted by Gasteiger charge is 2.23. The molecule has 0 saturated carbocycles. The van der Waals surface area contributed by atoms with Crippen LogP contribution in [0.5, 0.6) is 0 Å². The van der Waals surface area contributed by atoms with Gasteiger partial charge in [0, 0.05) is 30.8 Å². The first kappa shape index (κ1) is 20.5. The van der Waals surface area contributed by atoms with Gasteiger partial charge >= 0.3 is 0 Å². The number of carbonyl (C=O) groups excluding carboxylic acids is 1. The van der Waals surface area contributed by atoms with E-state index >= 15 is 0 Å². The average Bonchev–Trinajstić information content (AvgIpc) is 3.40. The summed E-state index contributed by atoms with van der Waals surface area (Å²) in [6.45, 7) is 6.16. The van der Waals surface area contributed by atoms with Crippen molar-refractivity contribution in [3.05, 3.63) is 71.4 Å². The van der Waals surface area contributed by atoms with Crippen molar-refractivity contribution in [1.82, 2.24) is 19.3 Å². The lowest BCUT2D eigenvalue weighted by molar-refractivity contribution is 0.0930. The Bertz CT molecular complexity index is 1070. The van der Waals surface area contributed by atoms with E-state index in [9.17, 15) is 4.79 Å². The fourth-order valence-corrected chi connectivity index (χ4v) is 4.41. The molecule has 4 heterocycles. The zero-order chi connectivity index (χ0) is 21.1. The summed E-state index contributed by atoms with van der Waals surface area (Å²) in [4.78, 5) is 24.3. The lowest BCUT2D eigenvalue weighted by atomic mass is 9.91. The van der Waals surface area contributed by atoms with Gasteiger partial charge in [0.15, 0.2) is 5.78 Å². The van der Waals surface area contributed by atoms with E-state index in [-0.39, 0.29) is 5.78 Å². The number of piperidine rings is 1. The lowest BCUT2D eigenvalue weighted by Gasteiger charge is -2.28. The number of imidazole rings is 1. The van der Waals surface area contributed by atoms with Gasteiger partial charge in [-0.15, -0.1) is 0 Å². The van der Waals surface area contributed by atoms with Gasteiger partial charge in [0.05, 0.1) is 11.9 Å². The minimum absolute atomic E-state index is 0.196. The molecule has 3 aromatic rings. The Morgan fingerprint density at radius 2 is 1.93 bits per heavy atom. The van der Waals surface area contributed by atoms with E-state index in [1.807, 2.05) is 36.6 Å². The smallest absolute Gasteiger partial charge is 0.181 e. The van der Waals surface area contributed by atoms with Crippen molar-refractivity contribution in [2.75, 3.05) is 20.1 Å². The third kappa shape index (κ3) is 3.94. The zero-order valence-corrected chi connectivity index (χ0v) is 18.1. The Kier molecular flexibility index (Phi) is 6.09. The molecular formula is C25H30N4O. The van der Waals surface area contributed by atoms with Gasteiger partial charge in [-0.3, -0.25) is 14.2 Å². The number of carbonyl (C=O) groups is 1. The van der Waals surface area contributed by atoms with Crippen molar-refractivity contribution in [3.8, 4) is 0 Å². The molecule has 0 radical (unpaired) electrons. The van der Waals surface area contributed by atoms with E-state index in [1.165, 1.54) is 11.1 Å². The topological polar surface area (TPSA) is 50.5 Å². The third-order valence-corrected chi connectivity index (χ3v) is 6.09. The molecule has 30 heavy (non-hydrogen) atoms. The minimum atomic E-state index is 0.196. The molecule has 5 heteroatoms. The van der Waals surface area contributed by atoms with Gasteiger partial charge in [-0.1, -0.05) is 26.0 Å². The third-order valence-electron chi connectivity index (χ3n) is 6.09. The van der Waals surface area contributed by atoms with Crippen molar-refractivity contribution in [3.63, 3.8) is 0 Å². The molecular weight excluding hydrogens is 372 g/mol. The Hall–Kier alpha value is -2.79. The molecule has 0 N–H and O–H groups in total. The number of aromatic nitrogens is 3. The second-order valence-electron chi connectivity index (χ2n) is 7.98. The Morgan fingerprint density at radius 3 is 2.73 bits per heavy atom.